The summed E-state index contributed by atoms with van der Waals surface area (Å²) >= 11 is 0. The van der Waals surface area contributed by atoms with Crippen LogP contribution in [0.25, 0.3) is 0 Å². The van der Waals surface area contributed by atoms with Gasteiger partial charge in [-0.3, -0.25) is 0 Å². The molecule has 14 heavy (non-hydrogen) atoms. The molecule has 1 aliphatic heterocycles. The Hall–Kier alpha value is -0.590. The zero-order chi connectivity index (χ0) is 10.0. The summed E-state index contributed by atoms with van der Waals surface area (Å²) in [5, 5.41) is 8.90. The summed E-state index contributed by atoms with van der Waals surface area (Å²) in [7, 11) is 0. The summed E-state index contributed by atoms with van der Waals surface area (Å²) in [6.07, 6.45) is 6.38. The van der Waals surface area contributed by atoms with Gasteiger partial charge in [0.2, 0.25) is 0 Å². The molecule has 0 aromatic heterocycles. The molecule has 0 bridgehead atoms. The zero-order valence-electron chi connectivity index (χ0n) is 8.71. The third-order valence-corrected chi connectivity index (χ3v) is 3.59. The third-order valence-electron chi connectivity index (χ3n) is 3.59. The van der Waals surface area contributed by atoms with E-state index in [1.807, 2.05) is 0 Å². The second-order valence-corrected chi connectivity index (χ2v) is 4.90. The van der Waals surface area contributed by atoms with Gasteiger partial charge < -0.3 is 10.6 Å². The van der Waals surface area contributed by atoms with Crippen LogP contribution in [0, 0.1) is 17.2 Å². The van der Waals surface area contributed by atoms with Crippen LogP contribution in [0.3, 0.4) is 0 Å². The Kier molecular flexibility index (Phi) is 2.76. The molecule has 3 heteroatoms. The van der Waals surface area contributed by atoms with Gasteiger partial charge in [0.05, 0.1) is 6.07 Å². The predicted octanol–water partition coefficient (Wildman–Crippen LogP) is 1.10. The molecule has 1 saturated heterocycles. The highest BCUT2D eigenvalue weighted by molar-refractivity contribution is 5.10. The van der Waals surface area contributed by atoms with Crippen molar-refractivity contribution >= 4 is 0 Å². The summed E-state index contributed by atoms with van der Waals surface area (Å²) in [4.78, 5) is 2.37. The molecular weight excluding hydrogens is 174 g/mol. The van der Waals surface area contributed by atoms with Gasteiger partial charge in [-0.1, -0.05) is 12.8 Å². The van der Waals surface area contributed by atoms with Crippen LogP contribution in [0.2, 0.25) is 0 Å². The summed E-state index contributed by atoms with van der Waals surface area (Å²) in [5.74, 6) is 0.871. The molecule has 2 fully saturated rings. The minimum atomic E-state index is -0.557. The Balaban J connectivity index is 1.81. The van der Waals surface area contributed by atoms with Gasteiger partial charge in [0.25, 0.3) is 0 Å². The Morgan fingerprint density at radius 1 is 1.43 bits per heavy atom. The second-order valence-electron chi connectivity index (χ2n) is 4.90. The molecule has 1 atom stereocenters. The molecule has 1 aliphatic carbocycles. The molecule has 2 rings (SSSR count). The van der Waals surface area contributed by atoms with E-state index in [0.29, 0.717) is 0 Å². The van der Waals surface area contributed by atoms with Gasteiger partial charge in [-0.15, -0.1) is 0 Å². The van der Waals surface area contributed by atoms with Crippen LogP contribution in [-0.2, 0) is 0 Å². The SMILES string of the molecule is N#CC1(N)CCN(CC2CCCC2)C1. The molecule has 0 radical (unpaired) electrons. The molecule has 0 aromatic carbocycles. The standard InChI is InChI=1S/C11H19N3/c12-8-11(13)5-6-14(9-11)7-10-3-1-2-4-10/h10H,1-7,9,13H2. The number of nitrogens with zero attached hydrogens (tertiary/aromatic N) is 2. The number of nitriles is 1. The van der Waals surface area contributed by atoms with Crippen LogP contribution in [0.1, 0.15) is 32.1 Å². The molecule has 1 saturated carbocycles. The van der Waals surface area contributed by atoms with Crippen LogP contribution in [0.5, 0.6) is 0 Å². The van der Waals surface area contributed by atoms with Gasteiger partial charge in [-0.2, -0.15) is 5.26 Å². The van der Waals surface area contributed by atoms with E-state index >= 15 is 0 Å². The van der Waals surface area contributed by atoms with Crippen molar-refractivity contribution in [2.45, 2.75) is 37.6 Å². The minimum Gasteiger partial charge on any atom is -0.312 e. The van der Waals surface area contributed by atoms with Crippen molar-refractivity contribution < 1.29 is 0 Å². The molecule has 0 spiro atoms. The summed E-state index contributed by atoms with van der Waals surface area (Å²) in [6.45, 7) is 2.96. The monoisotopic (exact) mass is 193 g/mol. The normalized spacial score (nSPS) is 34.9. The molecule has 0 aromatic rings. The van der Waals surface area contributed by atoms with Crippen molar-refractivity contribution in [3.05, 3.63) is 0 Å². The van der Waals surface area contributed by atoms with E-state index in [4.69, 9.17) is 11.0 Å². The molecule has 0 amide bonds. The fourth-order valence-corrected chi connectivity index (χ4v) is 2.72. The van der Waals surface area contributed by atoms with Crippen LogP contribution < -0.4 is 5.73 Å². The van der Waals surface area contributed by atoms with Crippen LogP contribution in [0.4, 0.5) is 0 Å². The average molecular weight is 193 g/mol. The zero-order valence-corrected chi connectivity index (χ0v) is 8.71. The van der Waals surface area contributed by atoms with E-state index in [9.17, 15) is 0 Å². The van der Waals surface area contributed by atoms with Gasteiger partial charge in [0.1, 0.15) is 5.54 Å². The highest BCUT2D eigenvalue weighted by atomic mass is 15.2. The van der Waals surface area contributed by atoms with Crippen LogP contribution in [-0.4, -0.2) is 30.1 Å². The molecule has 1 unspecified atom stereocenters. The van der Waals surface area contributed by atoms with Gasteiger partial charge >= 0.3 is 0 Å². The summed E-state index contributed by atoms with van der Waals surface area (Å²) in [5.41, 5.74) is 5.36. The van der Waals surface area contributed by atoms with Crippen molar-refractivity contribution in [2.24, 2.45) is 11.7 Å². The molecule has 2 aliphatic rings. The maximum absolute atomic E-state index is 8.90. The fourth-order valence-electron chi connectivity index (χ4n) is 2.72. The van der Waals surface area contributed by atoms with Gasteiger partial charge in [0.15, 0.2) is 0 Å². The van der Waals surface area contributed by atoms with E-state index in [1.54, 1.807) is 0 Å². The molecule has 3 nitrogen and oxygen atoms in total. The first-order valence-electron chi connectivity index (χ1n) is 5.64. The first kappa shape index (κ1) is 9.95. The Morgan fingerprint density at radius 3 is 2.71 bits per heavy atom. The van der Waals surface area contributed by atoms with Gasteiger partial charge in [-0.25, -0.2) is 0 Å². The van der Waals surface area contributed by atoms with Crippen molar-refractivity contribution in [1.29, 1.82) is 5.26 Å². The Labute approximate surface area is 85.9 Å². The fraction of sp³-hybridized carbons (Fsp3) is 0.909. The first-order chi connectivity index (χ1) is 6.72. The number of hydrogen-bond donors (Lipinski definition) is 1. The van der Waals surface area contributed by atoms with Crippen molar-refractivity contribution in [3.63, 3.8) is 0 Å². The molecule has 78 valence electrons. The van der Waals surface area contributed by atoms with Gasteiger partial charge in [0, 0.05) is 19.6 Å². The number of rotatable bonds is 2. The molecular formula is C11H19N3. The van der Waals surface area contributed by atoms with Crippen LogP contribution in [0.15, 0.2) is 0 Å². The lowest BCUT2D eigenvalue weighted by Gasteiger charge is -2.21. The van der Waals surface area contributed by atoms with Crippen molar-refractivity contribution in [1.82, 2.24) is 4.90 Å². The van der Waals surface area contributed by atoms with E-state index < -0.39 is 5.54 Å². The smallest absolute Gasteiger partial charge is 0.118 e. The lowest BCUT2D eigenvalue weighted by atomic mass is 10.0. The summed E-state index contributed by atoms with van der Waals surface area (Å²) in [6, 6.07) is 2.23. The van der Waals surface area contributed by atoms with Crippen LogP contribution >= 0.6 is 0 Å². The van der Waals surface area contributed by atoms with Gasteiger partial charge in [-0.05, 0) is 25.2 Å². The maximum atomic E-state index is 8.90. The number of likely N-dealkylation sites (tertiary alicyclic amines) is 1. The largest absolute Gasteiger partial charge is 0.312 e. The molecule has 2 N–H and O–H groups in total. The Bertz CT molecular complexity index is 239. The predicted molar refractivity (Wildman–Crippen MR) is 55.5 cm³/mol. The highest BCUT2D eigenvalue weighted by Gasteiger charge is 2.35. The lowest BCUT2D eigenvalue weighted by molar-refractivity contribution is 0.271. The Morgan fingerprint density at radius 2 is 2.14 bits per heavy atom. The second kappa shape index (κ2) is 3.88. The quantitative estimate of drug-likeness (QED) is 0.714. The minimum absolute atomic E-state index is 0.557. The van der Waals surface area contributed by atoms with Crippen molar-refractivity contribution in [2.75, 3.05) is 19.6 Å². The number of nitrogens with two attached hydrogens (primary N) is 1. The highest BCUT2D eigenvalue weighted by Crippen LogP contribution is 2.27. The lowest BCUT2D eigenvalue weighted by Crippen LogP contribution is -2.41. The number of hydrogen-bond acceptors (Lipinski definition) is 3. The van der Waals surface area contributed by atoms with Crippen molar-refractivity contribution in [3.8, 4) is 6.07 Å². The van der Waals surface area contributed by atoms with E-state index in [2.05, 4.69) is 11.0 Å². The van der Waals surface area contributed by atoms with E-state index in [1.165, 1.54) is 32.2 Å². The van der Waals surface area contributed by atoms with E-state index in [0.717, 1.165) is 25.4 Å². The third kappa shape index (κ3) is 2.08. The molecule has 1 heterocycles. The first-order valence-corrected chi connectivity index (χ1v) is 5.64. The van der Waals surface area contributed by atoms with E-state index in [-0.39, 0.29) is 0 Å². The summed E-state index contributed by atoms with van der Waals surface area (Å²) < 4.78 is 0. The average Bonchev–Trinajstić information content (AvgIpc) is 2.78. The maximum Gasteiger partial charge on any atom is 0.118 e. The topological polar surface area (TPSA) is 53.1 Å².